The second-order valence-corrected chi connectivity index (χ2v) is 10.1. The molecular weight excluding hydrogens is 411 g/mol. The van der Waals surface area contributed by atoms with Gasteiger partial charge in [0.05, 0.1) is 11.9 Å². The number of carbonyl (C=O) groups is 1. The minimum atomic E-state index is 0.291. The number of anilines is 1. The minimum absolute atomic E-state index is 0.291. The van der Waals surface area contributed by atoms with Crippen molar-refractivity contribution in [1.29, 1.82) is 0 Å². The molecule has 0 aromatic carbocycles. The van der Waals surface area contributed by atoms with Gasteiger partial charge >= 0.3 is 0 Å². The first-order chi connectivity index (χ1) is 15.9. The van der Waals surface area contributed by atoms with Gasteiger partial charge in [-0.25, -0.2) is 4.98 Å². The van der Waals surface area contributed by atoms with Gasteiger partial charge in [0.1, 0.15) is 19.4 Å². The van der Waals surface area contributed by atoms with Gasteiger partial charge in [0, 0.05) is 58.1 Å². The Bertz CT molecular complexity index is 944. The summed E-state index contributed by atoms with van der Waals surface area (Å²) in [4.78, 5) is 21.3. The first-order valence-corrected chi connectivity index (χ1v) is 12.2. The molecule has 0 amide bonds. The molecule has 7 nitrogen and oxygen atoms in total. The number of nitrogens with zero attached hydrogens (tertiary/aromatic N) is 6. The Morgan fingerprint density at radius 2 is 1.82 bits per heavy atom. The zero-order chi connectivity index (χ0) is 23.6. The Labute approximate surface area is 199 Å². The van der Waals surface area contributed by atoms with Crippen LogP contribution in [-0.2, 0) is 11.8 Å². The SMILES string of the molecule is CC=O.C[B]C1(N2CCN(c3ncccc3-c3c(C)cnn3C)CC2)CCC2(CN(C)C2)C1. The molecule has 1 atom stereocenters. The van der Waals surface area contributed by atoms with E-state index in [1.54, 1.807) is 0 Å². The predicted molar refractivity (Wildman–Crippen MR) is 135 cm³/mol. The highest BCUT2D eigenvalue weighted by Gasteiger charge is 2.54. The van der Waals surface area contributed by atoms with E-state index in [2.05, 4.69) is 53.9 Å². The highest BCUT2D eigenvalue weighted by molar-refractivity contribution is 6.38. The van der Waals surface area contributed by atoms with Crippen molar-refractivity contribution in [2.24, 2.45) is 12.5 Å². The molecule has 3 fully saturated rings. The zero-order valence-electron chi connectivity index (χ0n) is 20.9. The summed E-state index contributed by atoms with van der Waals surface area (Å²) >= 11 is 0. The van der Waals surface area contributed by atoms with Crippen LogP contribution in [0.2, 0.25) is 6.82 Å². The lowest BCUT2D eigenvalue weighted by molar-refractivity contribution is -0.106. The van der Waals surface area contributed by atoms with Crippen molar-refractivity contribution in [3.05, 3.63) is 30.1 Å². The summed E-state index contributed by atoms with van der Waals surface area (Å²) in [5, 5.41) is 4.45. The Morgan fingerprint density at radius 1 is 1.12 bits per heavy atom. The number of carbonyl (C=O) groups excluding carboxylic acids is 1. The summed E-state index contributed by atoms with van der Waals surface area (Å²) in [6.07, 6.45) is 8.65. The third-order valence-corrected chi connectivity index (χ3v) is 7.89. The van der Waals surface area contributed by atoms with Gasteiger partial charge in [-0.3, -0.25) is 4.68 Å². The Kier molecular flexibility index (Phi) is 6.96. The molecule has 1 unspecified atom stereocenters. The number of aryl methyl sites for hydroxylation is 2. The number of aldehydes is 1. The van der Waals surface area contributed by atoms with Crippen molar-refractivity contribution in [3.8, 4) is 11.3 Å². The fourth-order valence-electron chi connectivity index (χ4n) is 6.51. The molecular formula is C25H38BN6O. The largest absolute Gasteiger partial charge is 0.353 e. The van der Waals surface area contributed by atoms with Crippen molar-refractivity contribution in [2.45, 2.75) is 45.4 Å². The van der Waals surface area contributed by atoms with Gasteiger partial charge in [0.15, 0.2) is 0 Å². The summed E-state index contributed by atoms with van der Waals surface area (Å²) in [6.45, 7) is 12.7. The lowest BCUT2D eigenvalue weighted by Crippen LogP contribution is -2.61. The van der Waals surface area contributed by atoms with Crippen LogP contribution in [0, 0.1) is 12.3 Å². The highest BCUT2D eigenvalue weighted by Crippen LogP contribution is 2.51. The fourth-order valence-corrected chi connectivity index (χ4v) is 6.51. The number of likely N-dealkylation sites (tertiary alicyclic amines) is 1. The second kappa shape index (κ2) is 9.59. The molecule has 3 aliphatic rings. The van der Waals surface area contributed by atoms with Crippen molar-refractivity contribution in [3.63, 3.8) is 0 Å². The quantitative estimate of drug-likeness (QED) is 0.529. The molecule has 2 aromatic heterocycles. The second-order valence-electron chi connectivity index (χ2n) is 10.1. The van der Waals surface area contributed by atoms with Crippen molar-refractivity contribution in [1.82, 2.24) is 24.6 Å². The van der Waals surface area contributed by atoms with Gasteiger partial charge in [-0.1, -0.05) is 6.82 Å². The molecule has 4 heterocycles. The average Bonchev–Trinajstić information content (AvgIpc) is 3.35. The monoisotopic (exact) mass is 449 g/mol. The van der Waals surface area contributed by atoms with E-state index in [4.69, 9.17) is 9.78 Å². The van der Waals surface area contributed by atoms with Gasteiger partial charge in [-0.2, -0.15) is 5.10 Å². The first-order valence-electron chi connectivity index (χ1n) is 12.2. The smallest absolute Gasteiger partial charge is 0.138 e. The lowest BCUT2D eigenvalue weighted by Gasteiger charge is -2.51. The molecule has 1 radical (unpaired) electrons. The molecule has 0 bridgehead atoms. The van der Waals surface area contributed by atoms with Gasteiger partial charge in [-0.05, 0) is 68.7 Å². The fraction of sp³-hybridized carbons (Fsp3) is 0.640. The molecule has 8 heteroatoms. The van der Waals surface area contributed by atoms with E-state index in [9.17, 15) is 0 Å². The van der Waals surface area contributed by atoms with Crippen LogP contribution >= 0.6 is 0 Å². The van der Waals surface area contributed by atoms with Crippen LogP contribution in [0.4, 0.5) is 5.82 Å². The number of pyridine rings is 1. The first kappa shape index (κ1) is 24.0. The Balaban J connectivity index is 0.000000821. The average molecular weight is 449 g/mol. The van der Waals surface area contributed by atoms with E-state index in [1.807, 2.05) is 30.2 Å². The van der Waals surface area contributed by atoms with Gasteiger partial charge in [0.25, 0.3) is 0 Å². The molecule has 5 rings (SSSR count). The molecule has 177 valence electrons. The third-order valence-electron chi connectivity index (χ3n) is 7.89. The van der Waals surface area contributed by atoms with Crippen LogP contribution in [-0.4, -0.2) is 89.9 Å². The number of aromatic nitrogens is 3. The van der Waals surface area contributed by atoms with Crippen molar-refractivity contribution in [2.75, 3.05) is 51.2 Å². The molecule has 1 spiro atoms. The van der Waals surface area contributed by atoms with E-state index < -0.39 is 0 Å². The van der Waals surface area contributed by atoms with E-state index in [-0.39, 0.29) is 0 Å². The maximum absolute atomic E-state index is 8.81. The number of hydrogen-bond donors (Lipinski definition) is 0. The Morgan fingerprint density at radius 3 is 2.39 bits per heavy atom. The van der Waals surface area contributed by atoms with Crippen LogP contribution in [0.1, 0.15) is 31.7 Å². The van der Waals surface area contributed by atoms with Gasteiger partial charge in [-0.15, -0.1) is 0 Å². The summed E-state index contributed by atoms with van der Waals surface area (Å²) < 4.78 is 1.97. The van der Waals surface area contributed by atoms with Crippen LogP contribution in [0.25, 0.3) is 11.3 Å². The number of piperazine rings is 1. The molecule has 1 aliphatic carbocycles. The van der Waals surface area contributed by atoms with E-state index in [1.165, 1.54) is 56.1 Å². The summed E-state index contributed by atoms with van der Waals surface area (Å²) in [5.41, 5.74) is 4.43. The topological polar surface area (TPSA) is 57.5 Å². The number of rotatable bonds is 4. The van der Waals surface area contributed by atoms with Crippen LogP contribution in [0.15, 0.2) is 24.5 Å². The molecule has 1 saturated carbocycles. The van der Waals surface area contributed by atoms with Crippen LogP contribution in [0.5, 0.6) is 0 Å². The molecule has 0 N–H and O–H groups in total. The molecule has 2 saturated heterocycles. The summed E-state index contributed by atoms with van der Waals surface area (Å²) in [5.74, 6) is 1.10. The van der Waals surface area contributed by atoms with E-state index in [0.29, 0.717) is 10.9 Å². The Hall–Kier alpha value is -2.19. The van der Waals surface area contributed by atoms with E-state index >= 15 is 0 Å². The molecule has 2 aliphatic heterocycles. The maximum atomic E-state index is 8.81. The van der Waals surface area contributed by atoms with Gasteiger partial charge in [0.2, 0.25) is 0 Å². The normalized spacial score (nSPS) is 24.8. The zero-order valence-corrected chi connectivity index (χ0v) is 20.9. The molecule has 2 aromatic rings. The summed E-state index contributed by atoms with van der Waals surface area (Å²) in [7, 11) is 6.79. The van der Waals surface area contributed by atoms with Crippen LogP contribution in [0.3, 0.4) is 0 Å². The van der Waals surface area contributed by atoms with Crippen molar-refractivity contribution < 1.29 is 4.79 Å². The number of hydrogen-bond acceptors (Lipinski definition) is 6. The standard InChI is InChI=1S/C23H34BN6.C2H4O/c1-18-14-26-28(4)20(18)19-6-5-9-25-21(19)29-10-12-30(13-11-29)23(24-2)8-7-22(15-23)16-27(3)17-22;1-2-3/h5-6,9,14H,7-8,10-13,15-17H2,1-4H3;2H,1H3. The van der Waals surface area contributed by atoms with Gasteiger partial charge < -0.3 is 19.5 Å². The lowest BCUT2D eigenvalue weighted by atomic mass is 9.56. The van der Waals surface area contributed by atoms with Crippen LogP contribution < -0.4 is 4.90 Å². The highest BCUT2D eigenvalue weighted by atomic mass is 16.1. The predicted octanol–water partition coefficient (Wildman–Crippen LogP) is 2.68. The van der Waals surface area contributed by atoms with E-state index in [0.717, 1.165) is 38.3 Å². The van der Waals surface area contributed by atoms with Crippen molar-refractivity contribution >= 4 is 19.4 Å². The summed E-state index contributed by atoms with van der Waals surface area (Å²) in [6, 6.07) is 4.23. The molecule has 33 heavy (non-hydrogen) atoms. The maximum Gasteiger partial charge on any atom is 0.138 e. The third kappa shape index (κ3) is 4.47. The minimum Gasteiger partial charge on any atom is -0.353 e.